The minimum absolute atomic E-state index is 0.104. The standard InChI is InChI=1S/C65H126O17P2/c1-5-9-13-17-20-23-25-27-29-30-31-33-35-37-40-44-48-52-65(70)82-61(56-76-63(68)50-46-42-39-36-34-32-28-26-24-21-18-14-10-6-2)58-80-84(73,74)78-54-59(66)53-77-83(71,72)79-57-60(55-75-62(67)49-45-41-16-12-8-4)81-64(69)51-47-43-38-22-19-15-11-7-3/h59-61,66H,5-58H2,1-4H3,(H,71,72)(H,73,74)/t59-,60+,61+/m0/s1. The number of esters is 4. The molecule has 0 aliphatic heterocycles. The number of hydrogen-bond donors (Lipinski definition) is 3. The van der Waals surface area contributed by atoms with Gasteiger partial charge in [0.15, 0.2) is 12.2 Å². The lowest BCUT2D eigenvalue weighted by molar-refractivity contribution is -0.161. The van der Waals surface area contributed by atoms with E-state index in [1.54, 1.807) is 0 Å². The predicted octanol–water partition coefficient (Wildman–Crippen LogP) is 18.3. The Kier molecular flexibility index (Phi) is 58.6. The summed E-state index contributed by atoms with van der Waals surface area (Å²) in [7, 11) is -9.87. The van der Waals surface area contributed by atoms with E-state index >= 15 is 0 Å². The average Bonchev–Trinajstić information content (AvgIpc) is 3.55. The monoisotopic (exact) mass is 1240 g/mol. The summed E-state index contributed by atoms with van der Waals surface area (Å²) in [6.07, 6.45) is 46.3. The highest BCUT2D eigenvalue weighted by molar-refractivity contribution is 7.47. The Morgan fingerprint density at radius 3 is 0.702 bits per heavy atom. The Balaban J connectivity index is 5.14. The van der Waals surface area contributed by atoms with E-state index in [9.17, 15) is 43.2 Å². The third-order valence-electron chi connectivity index (χ3n) is 15.1. The summed E-state index contributed by atoms with van der Waals surface area (Å²) in [5, 5.41) is 10.5. The van der Waals surface area contributed by atoms with Gasteiger partial charge >= 0.3 is 39.5 Å². The molecular weight excluding hydrogens is 1110 g/mol. The molecule has 498 valence electrons. The normalized spacial score (nSPS) is 14.1. The molecule has 0 aromatic carbocycles. The largest absolute Gasteiger partial charge is 0.472 e. The van der Waals surface area contributed by atoms with E-state index in [0.717, 1.165) is 103 Å². The molecule has 0 rings (SSSR count). The van der Waals surface area contributed by atoms with Crippen molar-refractivity contribution in [3.05, 3.63) is 0 Å². The van der Waals surface area contributed by atoms with Crippen molar-refractivity contribution >= 4 is 39.5 Å². The lowest BCUT2D eigenvalue weighted by Gasteiger charge is -2.21. The first-order chi connectivity index (χ1) is 40.7. The Bertz CT molecular complexity index is 1620. The second-order valence-corrected chi connectivity index (χ2v) is 26.4. The highest BCUT2D eigenvalue weighted by atomic mass is 31.2. The van der Waals surface area contributed by atoms with Gasteiger partial charge in [-0.25, -0.2) is 9.13 Å². The van der Waals surface area contributed by atoms with Crippen molar-refractivity contribution in [1.29, 1.82) is 0 Å². The van der Waals surface area contributed by atoms with Gasteiger partial charge in [0.2, 0.25) is 0 Å². The Morgan fingerprint density at radius 1 is 0.286 bits per heavy atom. The number of aliphatic hydroxyl groups is 1. The molecule has 0 radical (unpaired) electrons. The molecule has 0 aliphatic rings. The smallest absolute Gasteiger partial charge is 0.462 e. The number of hydrogen-bond acceptors (Lipinski definition) is 15. The van der Waals surface area contributed by atoms with E-state index in [0.29, 0.717) is 25.7 Å². The highest BCUT2D eigenvalue weighted by Gasteiger charge is 2.30. The second-order valence-electron chi connectivity index (χ2n) is 23.5. The van der Waals surface area contributed by atoms with E-state index in [-0.39, 0.29) is 25.7 Å². The van der Waals surface area contributed by atoms with Crippen LogP contribution in [0.3, 0.4) is 0 Å². The van der Waals surface area contributed by atoms with E-state index in [1.807, 2.05) is 0 Å². The zero-order valence-electron chi connectivity index (χ0n) is 53.9. The zero-order chi connectivity index (χ0) is 61.9. The maximum atomic E-state index is 13.0. The lowest BCUT2D eigenvalue weighted by atomic mass is 10.0. The highest BCUT2D eigenvalue weighted by Crippen LogP contribution is 2.45. The molecule has 0 aliphatic carbocycles. The van der Waals surface area contributed by atoms with Crippen LogP contribution in [-0.2, 0) is 65.4 Å². The van der Waals surface area contributed by atoms with Gasteiger partial charge in [0, 0.05) is 25.7 Å². The van der Waals surface area contributed by atoms with Crippen molar-refractivity contribution in [1.82, 2.24) is 0 Å². The molecule has 0 saturated carbocycles. The first kappa shape index (κ1) is 82.1. The Hall–Kier alpha value is -1.94. The van der Waals surface area contributed by atoms with Crippen LogP contribution in [0.5, 0.6) is 0 Å². The second kappa shape index (κ2) is 60.0. The molecule has 19 heteroatoms. The summed E-state index contributed by atoms with van der Waals surface area (Å²) in [5.41, 5.74) is 0. The number of carbonyl (C=O) groups excluding carboxylic acids is 4. The fraction of sp³-hybridized carbons (Fsp3) is 0.938. The van der Waals surface area contributed by atoms with Crippen LogP contribution in [0.25, 0.3) is 0 Å². The molecule has 5 atom stereocenters. The number of aliphatic hydroxyl groups excluding tert-OH is 1. The molecule has 0 fully saturated rings. The summed E-state index contributed by atoms with van der Waals surface area (Å²) in [4.78, 5) is 71.9. The molecular formula is C65H126O17P2. The first-order valence-electron chi connectivity index (χ1n) is 34.3. The van der Waals surface area contributed by atoms with Gasteiger partial charge < -0.3 is 33.8 Å². The van der Waals surface area contributed by atoms with Gasteiger partial charge in [-0.05, 0) is 25.7 Å². The van der Waals surface area contributed by atoms with Gasteiger partial charge in [-0.1, -0.05) is 285 Å². The first-order valence-corrected chi connectivity index (χ1v) is 37.3. The molecule has 0 heterocycles. The van der Waals surface area contributed by atoms with Crippen LogP contribution in [0, 0.1) is 0 Å². The topological polar surface area (TPSA) is 237 Å². The number of unbranched alkanes of at least 4 members (excludes halogenated alkanes) is 40. The van der Waals surface area contributed by atoms with Gasteiger partial charge in [-0.2, -0.15) is 0 Å². The summed E-state index contributed by atoms with van der Waals surface area (Å²) in [5.74, 6) is -2.14. The molecule has 0 spiro atoms. The van der Waals surface area contributed by atoms with Crippen LogP contribution in [0.15, 0.2) is 0 Å². The quantitative estimate of drug-likeness (QED) is 0.0222. The lowest BCUT2D eigenvalue weighted by Crippen LogP contribution is -2.30. The minimum Gasteiger partial charge on any atom is -0.462 e. The van der Waals surface area contributed by atoms with Crippen LogP contribution >= 0.6 is 15.6 Å². The average molecular weight is 1240 g/mol. The number of rotatable bonds is 66. The van der Waals surface area contributed by atoms with Crippen LogP contribution < -0.4 is 0 Å². The van der Waals surface area contributed by atoms with Crippen molar-refractivity contribution in [2.45, 2.75) is 354 Å². The zero-order valence-corrected chi connectivity index (χ0v) is 55.7. The van der Waals surface area contributed by atoms with Gasteiger partial charge in [-0.3, -0.25) is 37.3 Å². The van der Waals surface area contributed by atoms with E-state index in [2.05, 4.69) is 27.7 Å². The third-order valence-corrected chi connectivity index (χ3v) is 17.0. The molecule has 0 aromatic heterocycles. The number of phosphoric ester groups is 2. The summed E-state index contributed by atoms with van der Waals surface area (Å²) >= 11 is 0. The van der Waals surface area contributed by atoms with Gasteiger partial charge in [0.25, 0.3) is 0 Å². The molecule has 17 nitrogen and oxygen atoms in total. The van der Waals surface area contributed by atoms with Crippen LogP contribution in [0.2, 0.25) is 0 Å². The predicted molar refractivity (Wildman–Crippen MR) is 335 cm³/mol. The Labute approximate surface area is 511 Å². The molecule has 2 unspecified atom stereocenters. The van der Waals surface area contributed by atoms with Gasteiger partial charge in [-0.15, -0.1) is 0 Å². The summed E-state index contributed by atoms with van der Waals surface area (Å²) in [6, 6.07) is 0. The maximum Gasteiger partial charge on any atom is 0.472 e. The number of carbonyl (C=O) groups is 4. The molecule has 0 amide bonds. The summed E-state index contributed by atoms with van der Waals surface area (Å²) in [6.45, 7) is 4.79. The van der Waals surface area contributed by atoms with E-state index in [4.69, 9.17) is 37.0 Å². The molecule has 0 bridgehead atoms. The number of phosphoric acid groups is 2. The van der Waals surface area contributed by atoms with Crippen LogP contribution in [-0.4, -0.2) is 96.7 Å². The molecule has 0 aromatic rings. The van der Waals surface area contributed by atoms with E-state index in [1.165, 1.54) is 154 Å². The SMILES string of the molecule is CCCCCCCCCCCCCCCCCCCC(=O)O[C@H](COC(=O)CCCCCCCCCCCCCCCC)COP(=O)(O)OC[C@@H](O)COP(=O)(O)OC[C@@H](COC(=O)CCCCCCC)OC(=O)CCCCCCCCCC. The van der Waals surface area contributed by atoms with Crippen LogP contribution in [0.1, 0.15) is 336 Å². The molecule has 3 N–H and O–H groups in total. The summed E-state index contributed by atoms with van der Waals surface area (Å²) < 4.78 is 67.8. The number of ether oxygens (including phenoxy) is 4. The van der Waals surface area contributed by atoms with Crippen molar-refractivity contribution in [2.24, 2.45) is 0 Å². The minimum atomic E-state index is -4.94. The molecule has 84 heavy (non-hydrogen) atoms. The van der Waals surface area contributed by atoms with Crippen molar-refractivity contribution in [3.63, 3.8) is 0 Å². The van der Waals surface area contributed by atoms with Crippen molar-refractivity contribution < 1.29 is 80.2 Å². The maximum absolute atomic E-state index is 13.0. The van der Waals surface area contributed by atoms with Crippen LogP contribution in [0.4, 0.5) is 0 Å². The van der Waals surface area contributed by atoms with Gasteiger partial charge in [0.05, 0.1) is 26.4 Å². The Morgan fingerprint density at radius 2 is 0.476 bits per heavy atom. The third kappa shape index (κ3) is 59.0. The van der Waals surface area contributed by atoms with E-state index < -0.39 is 97.5 Å². The fourth-order valence-corrected chi connectivity index (χ4v) is 11.4. The van der Waals surface area contributed by atoms with Gasteiger partial charge in [0.1, 0.15) is 19.3 Å². The van der Waals surface area contributed by atoms with Crippen molar-refractivity contribution in [2.75, 3.05) is 39.6 Å². The van der Waals surface area contributed by atoms with Crippen molar-refractivity contribution in [3.8, 4) is 0 Å². The fourth-order valence-electron chi connectivity index (χ4n) is 9.81. The molecule has 0 saturated heterocycles.